The summed E-state index contributed by atoms with van der Waals surface area (Å²) in [5, 5.41) is 13.4. The van der Waals surface area contributed by atoms with Crippen LogP contribution in [0.4, 0.5) is 5.69 Å². The molecule has 1 aromatic rings. The number of hydrogen-bond acceptors (Lipinski definition) is 5. The summed E-state index contributed by atoms with van der Waals surface area (Å²) in [6, 6.07) is 4.51. The monoisotopic (exact) mass is 498 g/mol. The van der Waals surface area contributed by atoms with Crippen molar-refractivity contribution in [1.82, 2.24) is 4.90 Å². The van der Waals surface area contributed by atoms with E-state index in [1.807, 2.05) is 58.0 Å². The maximum Gasteiger partial charge on any atom is 0.310 e. The lowest BCUT2D eigenvalue weighted by atomic mass is 9.69. The normalized spacial score (nSPS) is 26.2. The number of nitrogens with one attached hydrogen (secondary N) is 1. The highest BCUT2D eigenvalue weighted by molar-refractivity contribution is 6.02. The molecule has 3 rings (SSSR count). The van der Waals surface area contributed by atoms with Crippen LogP contribution in [0.5, 0.6) is 0 Å². The van der Waals surface area contributed by atoms with Gasteiger partial charge in [0.05, 0.1) is 31.1 Å². The summed E-state index contributed by atoms with van der Waals surface area (Å²) in [5.41, 5.74) is 2.64. The maximum atomic E-state index is 14.1. The molecule has 6 atom stereocenters. The minimum atomic E-state index is -0.825. The van der Waals surface area contributed by atoms with Gasteiger partial charge in [-0.05, 0) is 62.6 Å². The molecule has 2 amide bonds. The summed E-state index contributed by atoms with van der Waals surface area (Å²) in [5.74, 6) is -2.66. The maximum absolute atomic E-state index is 14.1. The molecule has 0 saturated carbocycles. The molecule has 2 N–H and O–H groups in total. The number of fused-ring (bicyclic) bond motifs is 1. The quantitative estimate of drug-likeness (QED) is 0.371. The Bertz CT molecular complexity index is 988. The number of aliphatic hydroxyl groups is 1. The zero-order chi connectivity index (χ0) is 26.6. The number of aryl methyl sites for hydroxylation is 2. The largest absolute Gasteiger partial charge is 0.466 e. The Morgan fingerprint density at radius 2 is 1.89 bits per heavy atom. The number of likely N-dealkylation sites (tertiary alicyclic amines) is 1. The summed E-state index contributed by atoms with van der Waals surface area (Å²) < 4.78 is 5.43. The molecule has 36 heavy (non-hydrogen) atoms. The number of allylic oxidation sites excluding steroid dienone is 1. The molecule has 0 spiro atoms. The minimum absolute atomic E-state index is 0.125. The predicted molar refractivity (Wildman–Crippen MR) is 140 cm³/mol. The Kier molecular flexibility index (Phi) is 9.34. The van der Waals surface area contributed by atoms with Gasteiger partial charge in [0.25, 0.3) is 0 Å². The van der Waals surface area contributed by atoms with E-state index in [1.54, 1.807) is 11.8 Å². The van der Waals surface area contributed by atoms with E-state index in [2.05, 4.69) is 12.2 Å². The third-order valence-corrected chi connectivity index (χ3v) is 7.50. The van der Waals surface area contributed by atoms with E-state index in [0.717, 1.165) is 24.0 Å². The minimum Gasteiger partial charge on any atom is -0.466 e. The van der Waals surface area contributed by atoms with Gasteiger partial charge in [-0.15, -0.1) is 0 Å². The fourth-order valence-electron chi connectivity index (χ4n) is 5.91. The molecular weight excluding hydrogens is 456 g/mol. The smallest absolute Gasteiger partial charge is 0.310 e. The fraction of sp³-hybridized carbons (Fsp3) is 0.621. The highest BCUT2D eigenvalue weighted by Crippen LogP contribution is 2.47. The van der Waals surface area contributed by atoms with Crippen molar-refractivity contribution in [2.45, 2.75) is 72.9 Å². The molecular formula is C29H42N2O5. The zero-order valence-corrected chi connectivity index (χ0v) is 22.5. The van der Waals surface area contributed by atoms with Crippen molar-refractivity contribution in [1.29, 1.82) is 0 Å². The number of ether oxygens (including phenoxy) is 1. The van der Waals surface area contributed by atoms with Gasteiger partial charge in [0.15, 0.2) is 0 Å². The Morgan fingerprint density at radius 1 is 1.17 bits per heavy atom. The van der Waals surface area contributed by atoms with E-state index >= 15 is 0 Å². The summed E-state index contributed by atoms with van der Waals surface area (Å²) in [6.07, 6.45) is 6.13. The number of hydrogen-bond donors (Lipinski definition) is 2. The number of amides is 2. The van der Waals surface area contributed by atoms with Gasteiger partial charge >= 0.3 is 5.97 Å². The van der Waals surface area contributed by atoms with Gasteiger partial charge in [0, 0.05) is 11.6 Å². The van der Waals surface area contributed by atoms with Gasteiger partial charge in [0.1, 0.15) is 6.04 Å². The van der Waals surface area contributed by atoms with Crippen molar-refractivity contribution in [3.05, 3.63) is 41.5 Å². The van der Waals surface area contributed by atoms with E-state index in [4.69, 9.17) is 4.74 Å². The van der Waals surface area contributed by atoms with E-state index in [-0.39, 0.29) is 42.8 Å². The van der Waals surface area contributed by atoms with E-state index in [9.17, 15) is 19.5 Å². The van der Waals surface area contributed by atoms with Crippen LogP contribution < -0.4 is 5.32 Å². The molecule has 1 aromatic carbocycles. The molecule has 7 nitrogen and oxygen atoms in total. The van der Waals surface area contributed by atoms with E-state index in [1.165, 1.54) is 0 Å². The molecule has 2 aliphatic rings. The van der Waals surface area contributed by atoms with E-state index in [0.29, 0.717) is 12.1 Å². The highest BCUT2D eigenvalue weighted by atomic mass is 16.5. The predicted octanol–water partition coefficient (Wildman–Crippen LogP) is 4.26. The van der Waals surface area contributed by atoms with Crippen LogP contribution in [0.1, 0.15) is 58.1 Å². The molecule has 1 heterocycles. The second-order valence-electron chi connectivity index (χ2n) is 10.7. The van der Waals surface area contributed by atoms with Crippen LogP contribution in [0.2, 0.25) is 0 Å². The lowest BCUT2D eigenvalue weighted by Crippen LogP contribution is -2.51. The average molecular weight is 499 g/mol. The topological polar surface area (TPSA) is 95.9 Å². The number of carbonyl (C=O) groups excluding carboxylic acids is 3. The van der Waals surface area contributed by atoms with Gasteiger partial charge in [-0.3, -0.25) is 14.4 Å². The number of esters is 1. The molecule has 0 aromatic heterocycles. The van der Waals surface area contributed by atoms with Crippen molar-refractivity contribution in [3.63, 3.8) is 0 Å². The third kappa shape index (κ3) is 5.66. The Morgan fingerprint density at radius 3 is 2.50 bits per heavy atom. The molecule has 198 valence electrons. The summed E-state index contributed by atoms with van der Waals surface area (Å²) >= 11 is 0. The highest BCUT2D eigenvalue weighted by Gasteiger charge is 2.58. The van der Waals surface area contributed by atoms with Gasteiger partial charge in [-0.2, -0.15) is 0 Å². The Labute approximate surface area is 215 Å². The Balaban J connectivity index is 2.07. The number of aliphatic hydroxyl groups excluding tert-OH is 1. The van der Waals surface area contributed by atoms with Crippen LogP contribution in [0.15, 0.2) is 30.4 Å². The van der Waals surface area contributed by atoms with Crippen molar-refractivity contribution < 1.29 is 24.2 Å². The first-order chi connectivity index (χ1) is 17.1. The van der Waals surface area contributed by atoms with E-state index < -0.39 is 29.8 Å². The van der Waals surface area contributed by atoms with Crippen molar-refractivity contribution >= 4 is 23.5 Å². The first-order valence-corrected chi connectivity index (χ1v) is 13.3. The van der Waals surface area contributed by atoms with Crippen LogP contribution in [-0.4, -0.2) is 53.1 Å². The van der Waals surface area contributed by atoms with Crippen molar-refractivity contribution in [2.24, 2.45) is 29.6 Å². The molecule has 1 saturated heterocycles. The molecule has 1 aliphatic heterocycles. The zero-order valence-electron chi connectivity index (χ0n) is 22.5. The summed E-state index contributed by atoms with van der Waals surface area (Å²) in [7, 11) is 0. The average Bonchev–Trinajstić information content (AvgIpc) is 3.12. The van der Waals surface area contributed by atoms with Crippen LogP contribution in [0.25, 0.3) is 0 Å². The number of benzene rings is 1. The van der Waals surface area contributed by atoms with Crippen LogP contribution in [-0.2, 0) is 19.1 Å². The molecule has 7 heteroatoms. The number of nitrogens with zero attached hydrogens (tertiary/aromatic N) is 1. The Hall–Kier alpha value is -2.67. The second kappa shape index (κ2) is 12.0. The molecule has 1 fully saturated rings. The molecule has 0 radical (unpaired) electrons. The first-order valence-electron chi connectivity index (χ1n) is 13.3. The third-order valence-electron chi connectivity index (χ3n) is 7.50. The SMILES string of the molecule is CCC[C@@H]1C=C[C@H]2[C@@H](C(=O)N([C@@H](CO)CC(C)C)[C@@H]2C(=O)Nc2cc(C)ccc2C)[C@@H]1C(=O)OCC. The van der Waals surface area contributed by atoms with Crippen LogP contribution in [0, 0.1) is 43.4 Å². The number of carbonyl (C=O) groups is 3. The molecule has 1 aliphatic carbocycles. The van der Waals surface area contributed by atoms with Crippen LogP contribution >= 0.6 is 0 Å². The molecule has 0 bridgehead atoms. The molecule has 0 unspecified atom stereocenters. The lowest BCUT2D eigenvalue weighted by Gasteiger charge is -2.34. The first kappa shape index (κ1) is 27.9. The van der Waals surface area contributed by atoms with Crippen molar-refractivity contribution in [3.8, 4) is 0 Å². The standard InChI is InChI=1S/C29H42N2O5/c1-7-9-20-12-13-22-25(24(20)29(35)36-8-2)28(34)31(21(16-32)14-17(3)4)26(22)27(33)30-23-15-18(5)10-11-19(23)6/h10-13,15,17,20-22,24-26,32H,7-9,14,16H2,1-6H3,(H,30,33)/t20-,21-,22+,24-,25-,26+/m1/s1. The number of rotatable bonds is 10. The lowest BCUT2D eigenvalue weighted by molar-refractivity contribution is -0.156. The number of anilines is 1. The van der Waals surface area contributed by atoms with Gasteiger partial charge in [-0.1, -0.05) is 51.5 Å². The van der Waals surface area contributed by atoms with Crippen LogP contribution in [0.3, 0.4) is 0 Å². The van der Waals surface area contributed by atoms with Gasteiger partial charge in [-0.25, -0.2) is 0 Å². The summed E-state index contributed by atoms with van der Waals surface area (Å²) in [6.45, 7) is 11.7. The van der Waals surface area contributed by atoms with Gasteiger partial charge < -0.3 is 20.1 Å². The second-order valence-corrected chi connectivity index (χ2v) is 10.7. The fourth-order valence-corrected chi connectivity index (χ4v) is 5.91. The van der Waals surface area contributed by atoms with Gasteiger partial charge in [0.2, 0.25) is 11.8 Å². The van der Waals surface area contributed by atoms with Crippen molar-refractivity contribution in [2.75, 3.05) is 18.5 Å². The summed E-state index contributed by atoms with van der Waals surface area (Å²) in [4.78, 5) is 42.7.